The maximum atomic E-state index is 13.4. The van der Waals surface area contributed by atoms with E-state index in [2.05, 4.69) is 10.6 Å². The van der Waals surface area contributed by atoms with Gasteiger partial charge in [-0.2, -0.15) is 0 Å². The Balaban J connectivity index is 1.50. The molecule has 5 heteroatoms. The molecule has 2 amide bonds. The molecule has 2 fully saturated rings. The predicted molar refractivity (Wildman–Crippen MR) is 109 cm³/mol. The van der Waals surface area contributed by atoms with Gasteiger partial charge in [-0.1, -0.05) is 48.5 Å². The Morgan fingerprint density at radius 2 is 1.57 bits per heavy atom. The van der Waals surface area contributed by atoms with Crippen molar-refractivity contribution in [3.05, 3.63) is 71.8 Å². The molecular formula is C23H27N3O2. The topological polar surface area (TPSA) is 61.4 Å². The fourth-order valence-corrected chi connectivity index (χ4v) is 4.34. The lowest BCUT2D eigenvalue weighted by molar-refractivity contribution is -0.135. The molecule has 4 rings (SSSR count). The van der Waals surface area contributed by atoms with Gasteiger partial charge in [0.05, 0.1) is 0 Å². The quantitative estimate of drug-likeness (QED) is 0.861. The second-order valence-corrected chi connectivity index (χ2v) is 7.94. The number of hydrogen-bond donors (Lipinski definition) is 2. The Kier molecular flexibility index (Phi) is 5.44. The normalized spacial score (nSPS) is 19.4. The van der Waals surface area contributed by atoms with Crippen molar-refractivity contribution in [2.24, 2.45) is 5.41 Å². The highest BCUT2D eigenvalue weighted by atomic mass is 16.2. The Hall–Kier alpha value is -2.66. The molecule has 2 saturated heterocycles. The van der Waals surface area contributed by atoms with E-state index in [1.165, 1.54) is 6.42 Å². The molecule has 1 atom stereocenters. The number of nitrogens with zero attached hydrogens (tertiary/aromatic N) is 1. The van der Waals surface area contributed by atoms with Gasteiger partial charge in [-0.25, -0.2) is 0 Å². The average molecular weight is 377 g/mol. The monoisotopic (exact) mass is 377 g/mol. The maximum Gasteiger partial charge on any atom is 0.252 e. The third-order valence-electron chi connectivity index (χ3n) is 6.16. The molecule has 146 valence electrons. The highest BCUT2D eigenvalue weighted by Gasteiger charge is 2.39. The number of rotatable bonds is 4. The minimum absolute atomic E-state index is 0.0173. The van der Waals surface area contributed by atoms with Crippen molar-refractivity contribution >= 4 is 11.8 Å². The van der Waals surface area contributed by atoms with Gasteiger partial charge in [0.1, 0.15) is 6.04 Å². The summed E-state index contributed by atoms with van der Waals surface area (Å²) in [6, 6.07) is 17.9. The van der Waals surface area contributed by atoms with E-state index in [9.17, 15) is 9.59 Å². The smallest absolute Gasteiger partial charge is 0.252 e. The zero-order chi connectivity index (χ0) is 19.4. The summed E-state index contributed by atoms with van der Waals surface area (Å²) in [5.74, 6) is -0.243. The van der Waals surface area contributed by atoms with Crippen molar-refractivity contribution in [2.75, 3.05) is 26.2 Å². The molecule has 0 radical (unpaired) electrons. The molecule has 2 N–H and O–H groups in total. The van der Waals surface area contributed by atoms with Crippen molar-refractivity contribution in [1.82, 2.24) is 15.5 Å². The lowest BCUT2D eigenvalue weighted by Gasteiger charge is -2.40. The third kappa shape index (κ3) is 3.94. The second kappa shape index (κ2) is 8.15. The number of amides is 2. The molecule has 2 aliphatic rings. The summed E-state index contributed by atoms with van der Waals surface area (Å²) in [4.78, 5) is 28.0. The molecule has 0 saturated carbocycles. The first-order chi connectivity index (χ1) is 13.7. The van der Waals surface area contributed by atoms with Crippen LogP contribution in [0.2, 0.25) is 0 Å². The van der Waals surface area contributed by atoms with E-state index in [0.29, 0.717) is 11.0 Å². The van der Waals surface area contributed by atoms with Crippen LogP contribution < -0.4 is 10.6 Å². The van der Waals surface area contributed by atoms with Gasteiger partial charge in [0.2, 0.25) is 5.91 Å². The molecule has 2 aliphatic heterocycles. The van der Waals surface area contributed by atoms with Gasteiger partial charge < -0.3 is 15.5 Å². The number of piperidine rings is 1. The number of benzene rings is 2. The number of likely N-dealkylation sites (tertiary alicyclic amines) is 1. The van der Waals surface area contributed by atoms with Crippen LogP contribution >= 0.6 is 0 Å². The minimum Gasteiger partial charge on any atom is -0.341 e. The summed E-state index contributed by atoms with van der Waals surface area (Å²) < 4.78 is 0. The Labute approximate surface area is 166 Å². The SMILES string of the molecule is O=C(NC(C(=O)N1CCC2(CCNC2)CC1)c1ccccc1)c1ccccc1. The van der Waals surface area contributed by atoms with Crippen molar-refractivity contribution < 1.29 is 9.59 Å². The van der Waals surface area contributed by atoms with Gasteiger partial charge in [0, 0.05) is 25.2 Å². The third-order valence-corrected chi connectivity index (χ3v) is 6.16. The molecule has 0 aromatic heterocycles. The lowest BCUT2D eigenvalue weighted by Crippen LogP contribution is -2.48. The van der Waals surface area contributed by atoms with Crippen LogP contribution in [0.25, 0.3) is 0 Å². The van der Waals surface area contributed by atoms with Crippen LogP contribution in [0, 0.1) is 5.41 Å². The van der Waals surface area contributed by atoms with E-state index >= 15 is 0 Å². The van der Waals surface area contributed by atoms with Gasteiger partial charge in [-0.15, -0.1) is 0 Å². The lowest BCUT2D eigenvalue weighted by atomic mass is 9.77. The van der Waals surface area contributed by atoms with Gasteiger partial charge in [0.25, 0.3) is 5.91 Å². The van der Waals surface area contributed by atoms with Gasteiger partial charge >= 0.3 is 0 Å². The van der Waals surface area contributed by atoms with Crippen LogP contribution in [0.3, 0.4) is 0 Å². The molecule has 0 aliphatic carbocycles. The predicted octanol–water partition coefficient (Wildman–Crippen LogP) is 2.76. The summed E-state index contributed by atoms with van der Waals surface area (Å²) >= 11 is 0. The van der Waals surface area contributed by atoms with Crippen molar-refractivity contribution in [1.29, 1.82) is 0 Å². The molecule has 1 spiro atoms. The van der Waals surface area contributed by atoms with Crippen LogP contribution in [-0.2, 0) is 4.79 Å². The molecule has 28 heavy (non-hydrogen) atoms. The van der Waals surface area contributed by atoms with E-state index in [1.807, 2.05) is 53.4 Å². The van der Waals surface area contributed by atoms with E-state index < -0.39 is 6.04 Å². The fraction of sp³-hybridized carbons (Fsp3) is 0.391. The standard InChI is InChI=1S/C23H27N3O2/c27-21(19-9-5-2-6-10-19)25-20(18-7-3-1-4-8-18)22(28)26-15-12-23(13-16-26)11-14-24-17-23/h1-10,20,24H,11-17H2,(H,25,27). The maximum absolute atomic E-state index is 13.4. The first-order valence-electron chi connectivity index (χ1n) is 10.1. The van der Waals surface area contributed by atoms with Crippen LogP contribution in [-0.4, -0.2) is 42.9 Å². The number of hydrogen-bond acceptors (Lipinski definition) is 3. The summed E-state index contributed by atoms with van der Waals surface area (Å²) in [6.45, 7) is 3.64. The molecule has 2 aromatic carbocycles. The molecule has 2 heterocycles. The number of nitrogens with one attached hydrogen (secondary N) is 2. The van der Waals surface area contributed by atoms with Crippen molar-refractivity contribution in [3.63, 3.8) is 0 Å². The highest BCUT2D eigenvalue weighted by Crippen LogP contribution is 2.37. The van der Waals surface area contributed by atoms with Gasteiger partial charge in [-0.3, -0.25) is 9.59 Å². The Bertz CT molecular complexity index is 806. The summed E-state index contributed by atoms with van der Waals surface area (Å²) in [5, 5.41) is 6.42. The zero-order valence-corrected chi connectivity index (χ0v) is 16.1. The van der Waals surface area contributed by atoms with Crippen LogP contribution in [0.4, 0.5) is 0 Å². The largest absolute Gasteiger partial charge is 0.341 e. The van der Waals surface area contributed by atoms with Gasteiger partial charge in [-0.05, 0) is 48.9 Å². The molecule has 2 aromatic rings. The molecular weight excluding hydrogens is 350 g/mol. The van der Waals surface area contributed by atoms with Crippen LogP contribution in [0.5, 0.6) is 0 Å². The van der Waals surface area contributed by atoms with E-state index in [0.717, 1.165) is 44.6 Å². The van der Waals surface area contributed by atoms with Crippen molar-refractivity contribution in [2.45, 2.75) is 25.3 Å². The second-order valence-electron chi connectivity index (χ2n) is 7.94. The molecule has 1 unspecified atom stereocenters. The summed E-state index contributed by atoms with van der Waals surface area (Å²) in [5.41, 5.74) is 1.73. The van der Waals surface area contributed by atoms with Crippen molar-refractivity contribution in [3.8, 4) is 0 Å². The first-order valence-corrected chi connectivity index (χ1v) is 10.1. The van der Waals surface area contributed by atoms with E-state index in [1.54, 1.807) is 12.1 Å². The fourth-order valence-electron chi connectivity index (χ4n) is 4.34. The number of carbonyl (C=O) groups excluding carboxylic acids is 2. The molecule has 0 bridgehead atoms. The summed E-state index contributed by atoms with van der Waals surface area (Å²) in [7, 11) is 0. The van der Waals surface area contributed by atoms with Crippen LogP contribution in [0.1, 0.15) is 41.2 Å². The Morgan fingerprint density at radius 3 is 2.18 bits per heavy atom. The van der Waals surface area contributed by atoms with Crippen LogP contribution in [0.15, 0.2) is 60.7 Å². The first kappa shape index (κ1) is 18.7. The van der Waals surface area contributed by atoms with E-state index in [-0.39, 0.29) is 11.8 Å². The molecule has 5 nitrogen and oxygen atoms in total. The Morgan fingerprint density at radius 1 is 0.929 bits per heavy atom. The summed E-state index contributed by atoms with van der Waals surface area (Å²) in [6.07, 6.45) is 3.25. The van der Waals surface area contributed by atoms with E-state index in [4.69, 9.17) is 0 Å². The highest BCUT2D eigenvalue weighted by molar-refractivity contribution is 5.97. The average Bonchev–Trinajstić information content (AvgIpc) is 3.21. The zero-order valence-electron chi connectivity index (χ0n) is 16.1. The minimum atomic E-state index is -0.662. The number of carbonyl (C=O) groups is 2. The van der Waals surface area contributed by atoms with Gasteiger partial charge in [0.15, 0.2) is 0 Å².